The predicted molar refractivity (Wildman–Crippen MR) is 180 cm³/mol. The van der Waals surface area contributed by atoms with Crippen molar-refractivity contribution in [1.29, 1.82) is 0 Å². The van der Waals surface area contributed by atoms with Gasteiger partial charge >= 0.3 is 6.09 Å². The number of nitrogens with zero attached hydrogens (tertiary/aromatic N) is 4. The maximum absolute atomic E-state index is 13.0. The van der Waals surface area contributed by atoms with Crippen molar-refractivity contribution in [1.82, 2.24) is 24.8 Å². The highest BCUT2D eigenvalue weighted by molar-refractivity contribution is 6.87. The van der Waals surface area contributed by atoms with E-state index in [1.54, 1.807) is 6.33 Å². The topological polar surface area (TPSA) is 108 Å². The van der Waals surface area contributed by atoms with Crippen molar-refractivity contribution in [3.8, 4) is 22.6 Å². The number of alkyl carbamates (subject to hydrolysis) is 1. The number of ether oxygens (including phenoxy) is 1. The maximum atomic E-state index is 13.0. The molecule has 2 aliphatic carbocycles. The molecule has 0 aliphatic heterocycles. The zero-order valence-corrected chi connectivity index (χ0v) is 27.9. The molecule has 2 bridgehead atoms. The fourth-order valence-corrected chi connectivity index (χ4v) is 9.99. The lowest BCUT2D eigenvalue weighted by Crippen LogP contribution is -2.47. The number of nitrogen functional groups attached to an aromatic ring is 1. The van der Waals surface area contributed by atoms with E-state index in [1.807, 2.05) is 45.2 Å². The largest absolute Gasteiger partial charge is 0.444 e. The molecule has 3 N–H and O–H groups in total. The van der Waals surface area contributed by atoms with E-state index in [9.17, 15) is 4.79 Å². The van der Waals surface area contributed by atoms with Crippen molar-refractivity contribution in [2.45, 2.75) is 108 Å². The van der Waals surface area contributed by atoms with Crippen molar-refractivity contribution in [3.63, 3.8) is 0 Å². The molecule has 0 saturated heterocycles. The molecule has 1 aromatic carbocycles. The van der Waals surface area contributed by atoms with Crippen molar-refractivity contribution in [2.24, 2.45) is 0 Å². The molecule has 2 saturated carbocycles. The number of aromatic nitrogens is 4. The summed E-state index contributed by atoms with van der Waals surface area (Å²) in [6.07, 6.45) is 7.45. The van der Waals surface area contributed by atoms with Crippen LogP contribution in [0.2, 0.25) is 18.1 Å². The molecule has 0 unspecified atom stereocenters. The molecule has 3 aromatic heterocycles. The quantitative estimate of drug-likeness (QED) is 0.173. The first-order chi connectivity index (χ1) is 21.0. The van der Waals surface area contributed by atoms with E-state index in [2.05, 4.69) is 59.2 Å². The average Bonchev–Trinajstić information content (AvgIpc) is 3.65. The fraction of sp³-hybridized carbons (Fsp3) is 0.486. The second-order valence-corrected chi connectivity index (χ2v) is 18.8. The monoisotopic (exact) mass is 608 g/mol. The number of nitrogens with two attached hydrogens (primary N) is 1. The highest BCUT2D eigenvalue weighted by Gasteiger charge is 2.57. The molecule has 44 heavy (non-hydrogen) atoms. The smallest absolute Gasteiger partial charge is 0.408 e. The third-order valence-corrected chi connectivity index (χ3v) is 14.9. The number of nitrogens with one attached hydrogen (secondary N) is 1. The molecule has 3 heterocycles. The summed E-state index contributed by atoms with van der Waals surface area (Å²) in [6.45, 7) is 12.5. The Hall–Kier alpha value is -3.90. The summed E-state index contributed by atoms with van der Waals surface area (Å²) in [5.74, 6) is 4.23. The van der Waals surface area contributed by atoms with Gasteiger partial charge in [-0.3, -0.25) is 4.98 Å². The van der Waals surface area contributed by atoms with Gasteiger partial charge in [0.05, 0.1) is 10.9 Å². The number of anilines is 1. The number of amides is 1. The van der Waals surface area contributed by atoms with E-state index in [0.717, 1.165) is 89.0 Å². The van der Waals surface area contributed by atoms with Gasteiger partial charge in [0.2, 0.25) is 0 Å². The molecule has 4 aromatic rings. The molecule has 1 amide bonds. The minimum Gasteiger partial charge on any atom is -0.444 e. The normalized spacial score (nSPS) is 21.4. The number of carbonyl (C=O) groups is 1. The third kappa shape index (κ3) is 5.13. The standard InChI is InChI=1S/C35H44N6O2Si/c1-7-44(8-2,9-3)19-14-27-28(25-20-24-12-10-11-13-26(24)37-21-25)29-30(36)38-23-39-31(29)41(27)35-17-15-34(22-35,16-18-35)40-32(42)43-33(4,5)6/h10-13,20-21,23H,7-9,15-18,22H2,1-6H3,(H,40,42)(H2,36,38,39). The van der Waals surface area contributed by atoms with Crippen LogP contribution in [-0.4, -0.2) is 44.8 Å². The van der Waals surface area contributed by atoms with Crippen LogP contribution in [0.5, 0.6) is 0 Å². The van der Waals surface area contributed by atoms with Crippen LogP contribution in [0.4, 0.5) is 10.6 Å². The van der Waals surface area contributed by atoms with Gasteiger partial charge in [-0.15, -0.1) is 5.54 Å². The molecule has 2 fully saturated rings. The van der Waals surface area contributed by atoms with Crippen molar-refractivity contribution < 1.29 is 9.53 Å². The Morgan fingerprint density at radius 2 is 1.77 bits per heavy atom. The van der Waals surface area contributed by atoms with E-state index in [0.29, 0.717) is 5.82 Å². The predicted octanol–water partition coefficient (Wildman–Crippen LogP) is 7.56. The minimum absolute atomic E-state index is 0.268. The molecule has 0 atom stereocenters. The van der Waals surface area contributed by atoms with Crippen LogP contribution in [0.3, 0.4) is 0 Å². The van der Waals surface area contributed by atoms with E-state index in [4.69, 9.17) is 20.4 Å². The van der Waals surface area contributed by atoms with Crippen LogP contribution in [0, 0.1) is 11.5 Å². The second-order valence-electron chi connectivity index (χ2n) is 13.8. The molecule has 0 radical (unpaired) electrons. The molecular weight excluding hydrogens is 565 g/mol. The molecular formula is C35H44N6O2Si. The van der Waals surface area contributed by atoms with Gasteiger partial charge in [0.25, 0.3) is 0 Å². The Bertz CT molecular complexity index is 1790. The van der Waals surface area contributed by atoms with Crippen LogP contribution in [-0.2, 0) is 10.3 Å². The van der Waals surface area contributed by atoms with E-state index in [-0.39, 0.29) is 17.2 Å². The molecule has 230 valence electrons. The van der Waals surface area contributed by atoms with Crippen molar-refractivity contribution >= 4 is 41.9 Å². The summed E-state index contributed by atoms with van der Waals surface area (Å²) in [7, 11) is -1.81. The van der Waals surface area contributed by atoms with Gasteiger partial charge in [0.1, 0.15) is 37.2 Å². The van der Waals surface area contributed by atoms with E-state index in [1.165, 1.54) is 0 Å². The Balaban J connectivity index is 1.58. The lowest BCUT2D eigenvalue weighted by molar-refractivity contribution is 0.0458. The first-order valence-corrected chi connectivity index (χ1v) is 18.6. The lowest BCUT2D eigenvalue weighted by atomic mass is 9.90. The summed E-state index contributed by atoms with van der Waals surface area (Å²) >= 11 is 0. The van der Waals surface area contributed by atoms with Crippen LogP contribution >= 0.6 is 0 Å². The zero-order valence-electron chi connectivity index (χ0n) is 26.9. The second kappa shape index (κ2) is 10.9. The van der Waals surface area contributed by atoms with Gasteiger partial charge in [-0.25, -0.2) is 14.8 Å². The van der Waals surface area contributed by atoms with Gasteiger partial charge in [-0.05, 0) is 83.1 Å². The summed E-state index contributed by atoms with van der Waals surface area (Å²) in [6, 6.07) is 13.7. The van der Waals surface area contributed by atoms with E-state index < -0.39 is 13.7 Å². The van der Waals surface area contributed by atoms with Crippen LogP contribution in [0.15, 0.2) is 42.9 Å². The molecule has 2 aliphatic rings. The summed E-state index contributed by atoms with van der Waals surface area (Å²) in [4.78, 5) is 27.1. The third-order valence-electron chi connectivity index (χ3n) is 10.2. The van der Waals surface area contributed by atoms with Gasteiger partial charge in [-0.2, -0.15) is 0 Å². The average molecular weight is 609 g/mol. The highest BCUT2D eigenvalue weighted by Crippen LogP contribution is 2.57. The number of rotatable bonds is 6. The van der Waals surface area contributed by atoms with Gasteiger partial charge in [0.15, 0.2) is 0 Å². The van der Waals surface area contributed by atoms with Gasteiger partial charge in [-0.1, -0.05) is 44.9 Å². The maximum Gasteiger partial charge on any atom is 0.408 e. The van der Waals surface area contributed by atoms with E-state index >= 15 is 0 Å². The minimum atomic E-state index is -1.81. The number of carbonyl (C=O) groups excluding carboxylic acids is 1. The van der Waals surface area contributed by atoms with Gasteiger partial charge < -0.3 is 20.4 Å². The number of pyridine rings is 1. The number of hydrogen-bond donors (Lipinski definition) is 2. The summed E-state index contributed by atoms with van der Waals surface area (Å²) in [5, 5.41) is 5.16. The van der Waals surface area contributed by atoms with Crippen LogP contribution in [0.1, 0.15) is 79.3 Å². The number of fused-ring (bicyclic) bond motifs is 4. The molecule has 0 spiro atoms. The Morgan fingerprint density at radius 3 is 2.45 bits per heavy atom. The van der Waals surface area contributed by atoms with Crippen LogP contribution in [0.25, 0.3) is 33.1 Å². The first-order valence-electron chi connectivity index (χ1n) is 16.0. The highest BCUT2D eigenvalue weighted by atomic mass is 28.3. The number of benzene rings is 1. The fourth-order valence-electron chi connectivity index (χ4n) is 7.58. The first kappa shape index (κ1) is 30.1. The zero-order chi connectivity index (χ0) is 31.3. The molecule has 9 heteroatoms. The molecule has 8 nitrogen and oxygen atoms in total. The Labute approximate surface area is 261 Å². The van der Waals surface area contributed by atoms with Crippen LogP contribution < -0.4 is 11.1 Å². The Kier molecular flexibility index (Phi) is 7.48. The lowest BCUT2D eigenvalue weighted by Gasteiger charge is -2.31. The summed E-state index contributed by atoms with van der Waals surface area (Å²) < 4.78 is 8.06. The Morgan fingerprint density at radius 1 is 1.07 bits per heavy atom. The number of para-hydroxylation sites is 1. The molecule has 6 rings (SSSR count). The van der Waals surface area contributed by atoms with Gasteiger partial charge in [0, 0.05) is 33.8 Å². The SMILES string of the molecule is CC[Si](C#Cc1c(-c2cnc3ccccc3c2)c2c(N)ncnc2n1C12CCC(NC(=O)OC(C)(C)C)(CC1)C2)(CC)CC. The van der Waals surface area contributed by atoms with Crippen molar-refractivity contribution in [2.75, 3.05) is 5.73 Å². The van der Waals surface area contributed by atoms with Crippen molar-refractivity contribution in [3.05, 3.63) is 48.5 Å². The summed E-state index contributed by atoms with van der Waals surface area (Å²) in [5.41, 5.74) is 14.0. The number of hydrogen-bond acceptors (Lipinski definition) is 6.